The second kappa shape index (κ2) is 9.48. The predicted octanol–water partition coefficient (Wildman–Crippen LogP) is 2.84. The van der Waals surface area contributed by atoms with Crippen LogP contribution in [0.4, 0.5) is 0 Å². The molecule has 2 heterocycles. The van der Waals surface area contributed by atoms with E-state index in [1.54, 1.807) is 0 Å². The monoisotopic (exact) mass is 340 g/mol. The predicted molar refractivity (Wildman–Crippen MR) is 95.2 cm³/mol. The Balaban J connectivity index is 0.00000192. The number of halogens is 1. The number of rotatable bonds is 6. The maximum absolute atomic E-state index is 5.81. The fraction of sp³-hybridized carbons (Fsp3) is 0.667. The SMILES string of the molecule is Cl.NCC1CCN(Cc2ccc(OCC3CCCO3)cc2)CC1. The zero-order valence-corrected chi connectivity index (χ0v) is 14.6. The number of ether oxygens (including phenoxy) is 2. The van der Waals surface area contributed by atoms with Gasteiger partial charge in [0.05, 0.1) is 6.10 Å². The van der Waals surface area contributed by atoms with Gasteiger partial charge in [0.1, 0.15) is 12.4 Å². The van der Waals surface area contributed by atoms with Gasteiger partial charge in [-0.25, -0.2) is 0 Å². The van der Waals surface area contributed by atoms with Crippen molar-refractivity contribution in [3.8, 4) is 5.75 Å². The molecular formula is C18H29ClN2O2. The zero-order valence-electron chi connectivity index (χ0n) is 13.8. The Kier molecular flexibility index (Phi) is 7.63. The number of hydrogen-bond donors (Lipinski definition) is 1. The van der Waals surface area contributed by atoms with E-state index in [1.807, 2.05) is 0 Å². The highest BCUT2D eigenvalue weighted by atomic mass is 35.5. The van der Waals surface area contributed by atoms with Crippen molar-refractivity contribution in [2.24, 2.45) is 11.7 Å². The summed E-state index contributed by atoms with van der Waals surface area (Å²) in [6, 6.07) is 8.52. The van der Waals surface area contributed by atoms with Gasteiger partial charge in [0.15, 0.2) is 0 Å². The molecule has 2 aliphatic heterocycles. The topological polar surface area (TPSA) is 47.7 Å². The highest BCUT2D eigenvalue weighted by molar-refractivity contribution is 5.85. The second-order valence-electron chi connectivity index (χ2n) is 6.55. The van der Waals surface area contributed by atoms with Crippen LogP contribution in [-0.2, 0) is 11.3 Å². The van der Waals surface area contributed by atoms with Crippen LogP contribution in [0.5, 0.6) is 5.75 Å². The lowest BCUT2D eigenvalue weighted by molar-refractivity contribution is 0.0679. The molecule has 5 heteroatoms. The summed E-state index contributed by atoms with van der Waals surface area (Å²) in [6.45, 7) is 5.76. The Morgan fingerprint density at radius 2 is 1.87 bits per heavy atom. The molecule has 1 unspecified atom stereocenters. The highest BCUT2D eigenvalue weighted by Gasteiger charge is 2.18. The highest BCUT2D eigenvalue weighted by Crippen LogP contribution is 2.20. The summed E-state index contributed by atoms with van der Waals surface area (Å²) >= 11 is 0. The molecule has 2 saturated heterocycles. The third kappa shape index (κ3) is 5.64. The molecule has 1 aromatic rings. The van der Waals surface area contributed by atoms with Gasteiger partial charge in [-0.15, -0.1) is 12.4 Å². The third-order valence-electron chi connectivity index (χ3n) is 4.83. The van der Waals surface area contributed by atoms with E-state index < -0.39 is 0 Å². The molecule has 2 aliphatic rings. The van der Waals surface area contributed by atoms with Crippen LogP contribution in [0.25, 0.3) is 0 Å². The Morgan fingerprint density at radius 1 is 1.13 bits per heavy atom. The van der Waals surface area contributed by atoms with Crippen LogP contribution >= 0.6 is 12.4 Å². The van der Waals surface area contributed by atoms with Crippen molar-refractivity contribution in [2.45, 2.75) is 38.3 Å². The summed E-state index contributed by atoms with van der Waals surface area (Å²) in [5, 5.41) is 0. The molecule has 0 radical (unpaired) electrons. The lowest BCUT2D eigenvalue weighted by atomic mass is 9.97. The van der Waals surface area contributed by atoms with Crippen LogP contribution in [-0.4, -0.2) is 43.9 Å². The summed E-state index contributed by atoms with van der Waals surface area (Å²) in [5.41, 5.74) is 7.11. The van der Waals surface area contributed by atoms with Gasteiger partial charge in [0.2, 0.25) is 0 Å². The summed E-state index contributed by atoms with van der Waals surface area (Å²) in [5.74, 6) is 1.67. The first kappa shape index (κ1) is 18.5. The van der Waals surface area contributed by atoms with Crippen LogP contribution in [0.2, 0.25) is 0 Å². The van der Waals surface area contributed by atoms with Crippen molar-refractivity contribution in [3.05, 3.63) is 29.8 Å². The number of nitrogens with two attached hydrogens (primary N) is 1. The van der Waals surface area contributed by atoms with Crippen LogP contribution < -0.4 is 10.5 Å². The molecule has 0 aromatic heterocycles. The second-order valence-corrected chi connectivity index (χ2v) is 6.55. The average Bonchev–Trinajstić information content (AvgIpc) is 3.08. The summed E-state index contributed by atoms with van der Waals surface area (Å²) < 4.78 is 11.4. The first-order valence-corrected chi connectivity index (χ1v) is 8.59. The largest absolute Gasteiger partial charge is 0.491 e. The molecule has 2 fully saturated rings. The van der Waals surface area contributed by atoms with Crippen molar-refractivity contribution in [1.29, 1.82) is 0 Å². The van der Waals surface area contributed by atoms with E-state index in [-0.39, 0.29) is 18.5 Å². The van der Waals surface area contributed by atoms with E-state index in [0.29, 0.717) is 6.61 Å². The maximum Gasteiger partial charge on any atom is 0.119 e. The molecule has 130 valence electrons. The van der Waals surface area contributed by atoms with Gasteiger partial charge in [-0.1, -0.05) is 12.1 Å². The average molecular weight is 341 g/mol. The maximum atomic E-state index is 5.81. The van der Waals surface area contributed by atoms with Crippen LogP contribution in [0.3, 0.4) is 0 Å². The fourth-order valence-corrected chi connectivity index (χ4v) is 3.29. The van der Waals surface area contributed by atoms with Crippen molar-refractivity contribution in [3.63, 3.8) is 0 Å². The lowest BCUT2D eigenvalue weighted by Crippen LogP contribution is -2.35. The lowest BCUT2D eigenvalue weighted by Gasteiger charge is -2.31. The zero-order chi connectivity index (χ0) is 15.2. The smallest absolute Gasteiger partial charge is 0.119 e. The van der Waals surface area contributed by atoms with Crippen LogP contribution in [0.1, 0.15) is 31.2 Å². The first-order valence-electron chi connectivity index (χ1n) is 8.59. The van der Waals surface area contributed by atoms with Gasteiger partial charge >= 0.3 is 0 Å². The minimum Gasteiger partial charge on any atom is -0.491 e. The number of piperidine rings is 1. The van der Waals surface area contributed by atoms with E-state index in [4.69, 9.17) is 15.2 Å². The molecule has 2 N–H and O–H groups in total. The van der Waals surface area contributed by atoms with Gasteiger partial charge in [-0.3, -0.25) is 4.90 Å². The van der Waals surface area contributed by atoms with Crippen LogP contribution in [0, 0.1) is 5.92 Å². The van der Waals surface area contributed by atoms with Gasteiger partial charge in [-0.2, -0.15) is 0 Å². The van der Waals surface area contributed by atoms with Gasteiger partial charge in [0, 0.05) is 13.2 Å². The molecule has 0 spiro atoms. The van der Waals surface area contributed by atoms with Crippen molar-refractivity contribution >= 4 is 12.4 Å². The van der Waals surface area contributed by atoms with E-state index in [0.717, 1.165) is 44.2 Å². The molecule has 0 saturated carbocycles. The van der Waals surface area contributed by atoms with Crippen LogP contribution in [0.15, 0.2) is 24.3 Å². The number of nitrogens with zero attached hydrogens (tertiary/aromatic N) is 1. The molecule has 1 atom stereocenters. The molecular weight excluding hydrogens is 312 g/mol. The molecule has 1 aromatic carbocycles. The Morgan fingerprint density at radius 3 is 2.48 bits per heavy atom. The van der Waals surface area contributed by atoms with Crippen molar-refractivity contribution < 1.29 is 9.47 Å². The van der Waals surface area contributed by atoms with E-state index in [9.17, 15) is 0 Å². The van der Waals surface area contributed by atoms with Gasteiger partial charge < -0.3 is 15.2 Å². The number of benzene rings is 1. The molecule has 4 nitrogen and oxygen atoms in total. The first-order chi connectivity index (χ1) is 10.8. The summed E-state index contributed by atoms with van der Waals surface area (Å²) in [7, 11) is 0. The Bertz CT molecular complexity index is 441. The van der Waals surface area contributed by atoms with Gasteiger partial charge in [-0.05, 0) is 68.9 Å². The molecule has 0 amide bonds. The number of likely N-dealkylation sites (tertiary alicyclic amines) is 1. The van der Waals surface area contributed by atoms with E-state index in [1.165, 1.54) is 31.5 Å². The molecule has 0 bridgehead atoms. The minimum atomic E-state index is 0. The molecule has 23 heavy (non-hydrogen) atoms. The summed E-state index contributed by atoms with van der Waals surface area (Å²) in [6.07, 6.45) is 5.03. The standard InChI is InChI=1S/C18H28N2O2.ClH/c19-12-15-7-9-20(10-8-15)13-16-3-5-17(6-4-16)22-14-18-2-1-11-21-18;/h3-6,15,18H,1-2,7-14,19H2;1H. The molecule has 3 rings (SSSR count). The minimum absolute atomic E-state index is 0. The summed E-state index contributed by atoms with van der Waals surface area (Å²) in [4.78, 5) is 2.52. The number of hydrogen-bond acceptors (Lipinski definition) is 4. The van der Waals surface area contributed by atoms with Crippen molar-refractivity contribution in [2.75, 3.05) is 32.8 Å². The third-order valence-corrected chi connectivity index (χ3v) is 4.83. The fourth-order valence-electron chi connectivity index (χ4n) is 3.29. The molecule has 0 aliphatic carbocycles. The Hall–Kier alpha value is -0.810. The van der Waals surface area contributed by atoms with Gasteiger partial charge in [0.25, 0.3) is 0 Å². The quantitative estimate of drug-likeness (QED) is 0.865. The van der Waals surface area contributed by atoms with Crippen molar-refractivity contribution in [1.82, 2.24) is 4.90 Å². The van der Waals surface area contributed by atoms with E-state index >= 15 is 0 Å². The van der Waals surface area contributed by atoms with E-state index in [2.05, 4.69) is 29.2 Å². The normalized spacial score (nSPS) is 22.7. The Labute approximate surface area is 145 Å².